The molecule has 2 aromatic heterocycles. The number of fused-ring (bicyclic) bond motifs is 1. The smallest absolute Gasteiger partial charge is 0.383 e. The summed E-state index contributed by atoms with van der Waals surface area (Å²) in [6, 6.07) is 7.06. The molecule has 0 unspecified atom stereocenters. The third-order valence-electron chi connectivity index (χ3n) is 8.11. The summed E-state index contributed by atoms with van der Waals surface area (Å²) in [7, 11) is 0. The van der Waals surface area contributed by atoms with E-state index in [1.807, 2.05) is 26.0 Å². The van der Waals surface area contributed by atoms with E-state index in [2.05, 4.69) is 71.1 Å². The standard InChI is InChI=1S/C34H36F3N9/c1-7-8-22-16-40-15-20(2)28(22)21(3)29(27-18-46(45-44-27)33(9-10-33)34(35,36)37)43-25-11-23(13-38)30-26(12-25)31(24(14-39)17-41-30)42-19-32(4,5)6/h7-8,11-12,15-18,29,43-45H,3,9-10,19H2,1-2,4-6H3,(H,41,42)/b8-7-/t29-/m0/s1. The number of aromatic nitrogens is 2. The fourth-order valence-electron chi connectivity index (χ4n) is 5.58. The lowest BCUT2D eigenvalue weighted by Crippen LogP contribution is -2.52. The van der Waals surface area contributed by atoms with Crippen LogP contribution in [-0.2, 0) is 0 Å². The van der Waals surface area contributed by atoms with Crippen LogP contribution in [-0.4, -0.2) is 39.3 Å². The predicted molar refractivity (Wildman–Crippen MR) is 173 cm³/mol. The van der Waals surface area contributed by atoms with Crippen LogP contribution in [0.1, 0.15) is 68.4 Å². The Bertz CT molecular complexity index is 1830. The number of rotatable bonds is 9. The Hall–Kier alpha value is -5.07. The Morgan fingerprint density at radius 2 is 1.87 bits per heavy atom. The van der Waals surface area contributed by atoms with Gasteiger partial charge in [0.1, 0.15) is 12.1 Å². The number of nitriles is 2. The van der Waals surface area contributed by atoms with Gasteiger partial charge in [0.25, 0.3) is 0 Å². The van der Waals surface area contributed by atoms with Gasteiger partial charge in [0.2, 0.25) is 0 Å². The van der Waals surface area contributed by atoms with Gasteiger partial charge in [0.15, 0.2) is 5.54 Å². The number of aryl methyl sites for hydroxylation is 1. The summed E-state index contributed by atoms with van der Waals surface area (Å²) in [5.41, 5.74) is 8.97. The van der Waals surface area contributed by atoms with Crippen molar-refractivity contribution in [3.05, 3.63) is 83.1 Å². The molecule has 0 spiro atoms. The lowest BCUT2D eigenvalue weighted by molar-refractivity contribution is -0.195. The van der Waals surface area contributed by atoms with E-state index in [4.69, 9.17) is 0 Å². The molecule has 0 radical (unpaired) electrons. The first-order valence-electron chi connectivity index (χ1n) is 14.9. The molecule has 0 amide bonds. The third kappa shape index (κ3) is 6.09. The minimum absolute atomic E-state index is 0.0301. The summed E-state index contributed by atoms with van der Waals surface area (Å²) in [6.45, 7) is 14.9. The number of pyridine rings is 2. The first-order valence-corrected chi connectivity index (χ1v) is 14.9. The van der Waals surface area contributed by atoms with Gasteiger partial charge >= 0.3 is 6.18 Å². The van der Waals surface area contributed by atoms with Crippen LogP contribution in [0.5, 0.6) is 0 Å². The molecule has 1 atom stereocenters. The van der Waals surface area contributed by atoms with Crippen LogP contribution >= 0.6 is 0 Å². The highest BCUT2D eigenvalue weighted by Gasteiger charge is 2.67. The lowest BCUT2D eigenvalue weighted by atomic mass is 9.91. The molecule has 5 rings (SSSR count). The van der Waals surface area contributed by atoms with E-state index in [-0.39, 0.29) is 23.8 Å². The highest BCUT2D eigenvalue weighted by atomic mass is 19.4. The number of halogens is 3. The molecule has 9 nitrogen and oxygen atoms in total. The van der Waals surface area contributed by atoms with Crippen LogP contribution in [0.2, 0.25) is 0 Å². The summed E-state index contributed by atoms with van der Waals surface area (Å²) in [5, 5.41) is 28.5. The topological polar surface area (TPSA) is 125 Å². The number of nitrogens with zero attached hydrogens (tertiary/aromatic N) is 5. The molecular formula is C34H36F3N9. The monoisotopic (exact) mass is 627 g/mol. The molecule has 1 aliphatic carbocycles. The van der Waals surface area contributed by atoms with E-state index >= 15 is 0 Å². The average molecular weight is 628 g/mol. The number of nitrogens with one attached hydrogen (secondary N) is 4. The van der Waals surface area contributed by atoms with E-state index in [0.29, 0.717) is 45.7 Å². The number of hydrogen-bond acceptors (Lipinski definition) is 9. The zero-order valence-corrected chi connectivity index (χ0v) is 26.4. The molecule has 2 aliphatic rings. The van der Waals surface area contributed by atoms with Gasteiger partial charge < -0.3 is 16.1 Å². The highest BCUT2D eigenvalue weighted by Crippen LogP contribution is 2.53. The van der Waals surface area contributed by atoms with Crippen molar-refractivity contribution in [1.82, 2.24) is 25.9 Å². The third-order valence-corrected chi connectivity index (χ3v) is 8.11. The molecule has 1 fully saturated rings. The number of alkyl halides is 3. The Labute approximate surface area is 266 Å². The van der Waals surface area contributed by atoms with Crippen molar-refractivity contribution in [2.24, 2.45) is 5.41 Å². The number of anilines is 2. The summed E-state index contributed by atoms with van der Waals surface area (Å²) in [5.74, 6) is 0. The fourth-order valence-corrected chi connectivity index (χ4v) is 5.58. The summed E-state index contributed by atoms with van der Waals surface area (Å²) in [6.07, 6.45) is 5.57. The second-order valence-corrected chi connectivity index (χ2v) is 12.8. The second-order valence-electron chi connectivity index (χ2n) is 12.8. The first kappa shape index (κ1) is 32.3. The highest BCUT2D eigenvalue weighted by molar-refractivity contribution is 5.99. The van der Waals surface area contributed by atoms with Crippen molar-refractivity contribution in [2.75, 3.05) is 17.2 Å². The number of allylic oxidation sites excluding steroid dienone is 1. The molecular weight excluding hydrogens is 591 g/mol. The van der Waals surface area contributed by atoms with Crippen LogP contribution < -0.4 is 21.6 Å². The van der Waals surface area contributed by atoms with Crippen LogP contribution in [0, 0.1) is 35.0 Å². The van der Waals surface area contributed by atoms with Crippen LogP contribution in [0.25, 0.3) is 22.6 Å². The van der Waals surface area contributed by atoms with E-state index in [0.717, 1.165) is 21.7 Å². The van der Waals surface area contributed by atoms with Crippen molar-refractivity contribution in [2.45, 2.75) is 65.2 Å². The Kier molecular flexibility index (Phi) is 8.45. The van der Waals surface area contributed by atoms with Crippen molar-refractivity contribution in [3.8, 4) is 12.1 Å². The van der Waals surface area contributed by atoms with Gasteiger partial charge in [-0.1, -0.05) is 39.5 Å². The van der Waals surface area contributed by atoms with E-state index in [1.165, 1.54) is 12.4 Å². The van der Waals surface area contributed by atoms with Gasteiger partial charge in [-0.2, -0.15) is 23.7 Å². The zero-order valence-electron chi connectivity index (χ0n) is 26.4. The fraction of sp³-hybridized carbons (Fsp3) is 0.353. The van der Waals surface area contributed by atoms with Gasteiger partial charge in [-0.3, -0.25) is 15.0 Å². The molecule has 0 bridgehead atoms. The molecule has 3 aromatic rings. The lowest BCUT2D eigenvalue weighted by Gasteiger charge is -2.28. The van der Waals surface area contributed by atoms with E-state index < -0.39 is 17.8 Å². The Morgan fingerprint density at radius 1 is 1.15 bits per heavy atom. The molecule has 1 saturated carbocycles. The SMILES string of the molecule is C=C(c1c(C)cncc1/C=C\C)[C@H](Nc1cc(C#N)c2ncc(C#N)c(NCC(C)(C)C)c2c1)C1=CN(C2(C(F)(F)F)CC2)NN1. The summed E-state index contributed by atoms with van der Waals surface area (Å²) in [4.78, 5) is 8.75. The Balaban J connectivity index is 1.65. The number of hydrogen-bond donors (Lipinski definition) is 4. The van der Waals surface area contributed by atoms with Gasteiger partial charge in [-0.05, 0) is 60.9 Å². The van der Waals surface area contributed by atoms with Crippen LogP contribution in [0.3, 0.4) is 0 Å². The minimum Gasteiger partial charge on any atom is -0.383 e. The van der Waals surface area contributed by atoms with Gasteiger partial charge in [-0.25, -0.2) is 0 Å². The zero-order chi connectivity index (χ0) is 33.4. The molecule has 12 heteroatoms. The predicted octanol–water partition coefficient (Wildman–Crippen LogP) is 6.93. The van der Waals surface area contributed by atoms with Gasteiger partial charge in [-0.15, -0.1) is 5.53 Å². The average Bonchev–Trinajstić information content (AvgIpc) is 3.69. The van der Waals surface area contributed by atoms with Crippen LogP contribution in [0.15, 0.2) is 55.3 Å². The van der Waals surface area contributed by atoms with Crippen molar-refractivity contribution < 1.29 is 13.2 Å². The van der Waals surface area contributed by atoms with Gasteiger partial charge in [0, 0.05) is 48.0 Å². The molecule has 238 valence electrons. The van der Waals surface area contributed by atoms with E-state index in [1.54, 1.807) is 24.5 Å². The van der Waals surface area contributed by atoms with Crippen LogP contribution in [0.4, 0.5) is 24.5 Å². The maximum atomic E-state index is 14.1. The molecule has 1 aromatic carbocycles. The Morgan fingerprint density at radius 3 is 2.48 bits per heavy atom. The largest absolute Gasteiger partial charge is 0.413 e. The summed E-state index contributed by atoms with van der Waals surface area (Å²) < 4.78 is 42.2. The second kappa shape index (κ2) is 12.0. The maximum Gasteiger partial charge on any atom is 0.413 e. The number of hydrazine groups is 2. The quantitative estimate of drug-likeness (QED) is 0.200. The van der Waals surface area contributed by atoms with Gasteiger partial charge in [0.05, 0.1) is 34.1 Å². The maximum absolute atomic E-state index is 14.1. The molecule has 4 N–H and O–H groups in total. The first-order chi connectivity index (χ1) is 21.7. The normalized spacial score (nSPS) is 16.4. The van der Waals surface area contributed by atoms with Crippen molar-refractivity contribution >= 4 is 33.9 Å². The summed E-state index contributed by atoms with van der Waals surface area (Å²) >= 11 is 0. The molecule has 0 saturated heterocycles. The molecule has 3 heterocycles. The minimum atomic E-state index is -4.43. The molecule has 46 heavy (non-hydrogen) atoms. The van der Waals surface area contributed by atoms with E-state index in [9.17, 15) is 23.7 Å². The number of benzene rings is 1. The van der Waals surface area contributed by atoms with Crippen molar-refractivity contribution in [3.63, 3.8) is 0 Å². The molecule has 1 aliphatic heterocycles. The van der Waals surface area contributed by atoms with Crippen molar-refractivity contribution in [1.29, 1.82) is 10.5 Å².